The summed E-state index contributed by atoms with van der Waals surface area (Å²) >= 11 is 1.44. The van der Waals surface area contributed by atoms with Gasteiger partial charge in [0.05, 0.1) is 5.69 Å². The fraction of sp³-hybridized carbons (Fsp3) is 0. The average molecular weight is 268 g/mol. The number of thiazole rings is 1. The van der Waals surface area contributed by atoms with Gasteiger partial charge in [0.15, 0.2) is 11.1 Å². The fourth-order valence-electron chi connectivity index (χ4n) is 1.93. The summed E-state index contributed by atoms with van der Waals surface area (Å²) in [6, 6.07) is 14.5. The Morgan fingerprint density at radius 3 is 2.74 bits per heavy atom. The van der Waals surface area contributed by atoms with Crippen molar-refractivity contribution in [2.45, 2.75) is 0 Å². The first-order valence-electron chi connectivity index (χ1n) is 5.78. The van der Waals surface area contributed by atoms with E-state index in [1.165, 1.54) is 22.1 Å². The molecular weight excluding hydrogens is 256 g/mol. The number of hydrogen-bond acceptors (Lipinski definition) is 3. The molecule has 4 nitrogen and oxygen atoms in total. The number of benzene rings is 2. The molecule has 19 heavy (non-hydrogen) atoms. The zero-order valence-electron chi connectivity index (χ0n) is 10.1. The van der Waals surface area contributed by atoms with Crippen LogP contribution in [0.2, 0.25) is 0 Å². The molecule has 0 saturated heterocycles. The van der Waals surface area contributed by atoms with E-state index in [9.17, 15) is 0 Å². The second kappa shape index (κ2) is 4.70. The van der Waals surface area contributed by atoms with Gasteiger partial charge in [-0.3, -0.25) is 5.41 Å². The van der Waals surface area contributed by atoms with Gasteiger partial charge in [0.1, 0.15) is 0 Å². The Bertz CT molecular complexity index is 748. The highest BCUT2D eigenvalue weighted by molar-refractivity contribution is 7.14. The molecule has 0 saturated carbocycles. The minimum absolute atomic E-state index is 0.0978. The molecule has 0 aliphatic rings. The number of aromatic nitrogens is 1. The minimum atomic E-state index is -0.0978. The normalized spacial score (nSPS) is 10.5. The Hall–Kier alpha value is -2.40. The van der Waals surface area contributed by atoms with Gasteiger partial charge in [-0.25, -0.2) is 4.98 Å². The van der Waals surface area contributed by atoms with E-state index in [0.717, 1.165) is 11.3 Å². The molecule has 94 valence electrons. The summed E-state index contributed by atoms with van der Waals surface area (Å²) in [7, 11) is 0. The average Bonchev–Trinajstić information content (AvgIpc) is 2.86. The summed E-state index contributed by atoms with van der Waals surface area (Å²) in [6.07, 6.45) is 0. The molecule has 5 heteroatoms. The van der Waals surface area contributed by atoms with Gasteiger partial charge < -0.3 is 11.1 Å². The molecule has 0 atom stereocenters. The van der Waals surface area contributed by atoms with Gasteiger partial charge in [0.2, 0.25) is 0 Å². The Morgan fingerprint density at radius 2 is 1.95 bits per heavy atom. The van der Waals surface area contributed by atoms with Crippen molar-refractivity contribution in [1.29, 1.82) is 5.41 Å². The maximum absolute atomic E-state index is 7.19. The maximum Gasteiger partial charge on any atom is 0.192 e. The van der Waals surface area contributed by atoms with Gasteiger partial charge in [-0.15, -0.1) is 11.3 Å². The lowest BCUT2D eigenvalue weighted by Gasteiger charge is -2.01. The third-order valence-electron chi connectivity index (χ3n) is 2.79. The fourth-order valence-corrected chi connectivity index (χ4v) is 2.66. The van der Waals surface area contributed by atoms with E-state index in [1.807, 2.05) is 17.5 Å². The zero-order chi connectivity index (χ0) is 13.2. The van der Waals surface area contributed by atoms with Crippen LogP contribution in [0.25, 0.3) is 22.0 Å². The first kappa shape index (κ1) is 11.7. The maximum atomic E-state index is 7.19. The van der Waals surface area contributed by atoms with E-state index >= 15 is 0 Å². The van der Waals surface area contributed by atoms with Crippen molar-refractivity contribution in [3.8, 4) is 11.3 Å². The predicted octanol–water partition coefficient (Wildman–Crippen LogP) is 3.27. The Balaban J connectivity index is 1.99. The van der Waals surface area contributed by atoms with E-state index in [4.69, 9.17) is 11.1 Å². The molecule has 0 unspecified atom stereocenters. The van der Waals surface area contributed by atoms with E-state index < -0.39 is 0 Å². The van der Waals surface area contributed by atoms with Gasteiger partial charge >= 0.3 is 0 Å². The summed E-state index contributed by atoms with van der Waals surface area (Å²) in [5.41, 5.74) is 7.24. The van der Waals surface area contributed by atoms with Crippen LogP contribution in [0.3, 0.4) is 0 Å². The number of guanidine groups is 1. The molecule has 1 aromatic heterocycles. The van der Waals surface area contributed by atoms with E-state index in [-0.39, 0.29) is 5.96 Å². The summed E-state index contributed by atoms with van der Waals surface area (Å²) in [4.78, 5) is 4.41. The quantitative estimate of drug-likeness (QED) is 0.493. The smallest absolute Gasteiger partial charge is 0.192 e. The van der Waals surface area contributed by atoms with Crippen LogP contribution in [0.1, 0.15) is 0 Å². The lowest BCUT2D eigenvalue weighted by Crippen LogP contribution is -2.20. The molecule has 1 heterocycles. The molecule has 0 fully saturated rings. The predicted molar refractivity (Wildman–Crippen MR) is 80.6 cm³/mol. The highest BCUT2D eigenvalue weighted by Gasteiger charge is 2.05. The Morgan fingerprint density at radius 1 is 1.16 bits per heavy atom. The summed E-state index contributed by atoms with van der Waals surface area (Å²) in [5, 5.41) is 14.9. The van der Waals surface area contributed by atoms with Crippen molar-refractivity contribution in [2.24, 2.45) is 5.73 Å². The first-order chi connectivity index (χ1) is 9.22. The van der Waals surface area contributed by atoms with E-state index in [0.29, 0.717) is 5.13 Å². The topological polar surface area (TPSA) is 74.8 Å². The molecule has 0 aliphatic heterocycles. The lowest BCUT2D eigenvalue weighted by atomic mass is 10.1. The number of nitrogens with zero attached hydrogens (tertiary/aromatic N) is 1. The Labute approximate surface area is 114 Å². The van der Waals surface area contributed by atoms with Crippen molar-refractivity contribution in [2.75, 3.05) is 5.32 Å². The van der Waals surface area contributed by atoms with Crippen LogP contribution in [0.15, 0.2) is 47.8 Å². The molecule has 3 aromatic rings. The number of nitrogens with two attached hydrogens (primary N) is 1. The van der Waals surface area contributed by atoms with Crippen LogP contribution < -0.4 is 11.1 Å². The highest BCUT2D eigenvalue weighted by Crippen LogP contribution is 2.27. The molecule has 0 radical (unpaired) electrons. The number of fused-ring (bicyclic) bond motifs is 1. The van der Waals surface area contributed by atoms with Crippen molar-refractivity contribution < 1.29 is 0 Å². The van der Waals surface area contributed by atoms with Crippen molar-refractivity contribution >= 4 is 33.2 Å². The van der Waals surface area contributed by atoms with E-state index in [1.54, 1.807) is 0 Å². The number of nitrogens with one attached hydrogen (secondary N) is 2. The van der Waals surface area contributed by atoms with Gasteiger partial charge in [-0.2, -0.15) is 0 Å². The molecular formula is C14H12N4S. The van der Waals surface area contributed by atoms with Crippen LogP contribution in [0.4, 0.5) is 5.13 Å². The molecule has 4 N–H and O–H groups in total. The molecule has 0 amide bonds. The summed E-state index contributed by atoms with van der Waals surface area (Å²) in [6.45, 7) is 0. The molecule has 0 spiro atoms. The van der Waals surface area contributed by atoms with Crippen molar-refractivity contribution in [3.63, 3.8) is 0 Å². The van der Waals surface area contributed by atoms with Gasteiger partial charge in [-0.1, -0.05) is 36.4 Å². The number of rotatable bonds is 2. The third kappa shape index (κ3) is 2.41. The largest absolute Gasteiger partial charge is 0.370 e. The van der Waals surface area contributed by atoms with Crippen LogP contribution in [0.5, 0.6) is 0 Å². The monoisotopic (exact) mass is 268 g/mol. The second-order valence-corrected chi connectivity index (χ2v) is 5.00. The van der Waals surface area contributed by atoms with Gasteiger partial charge in [-0.05, 0) is 16.8 Å². The SMILES string of the molecule is N=C(N)Nc1nc(-c2ccc3ccccc3c2)cs1. The minimum Gasteiger partial charge on any atom is -0.370 e. The molecule has 0 bridgehead atoms. The Kier molecular flexibility index (Phi) is 2.89. The van der Waals surface area contributed by atoms with Crippen LogP contribution in [-0.2, 0) is 0 Å². The molecule has 0 aliphatic carbocycles. The zero-order valence-corrected chi connectivity index (χ0v) is 10.9. The summed E-state index contributed by atoms with van der Waals surface area (Å²) < 4.78 is 0. The summed E-state index contributed by atoms with van der Waals surface area (Å²) in [5.74, 6) is -0.0978. The van der Waals surface area contributed by atoms with Crippen LogP contribution in [-0.4, -0.2) is 10.9 Å². The molecule has 2 aromatic carbocycles. The molecule has 3 rings (SSSR count). The number of anilines is 1. The number of hydrogen-bond donors (Lipinski definition) is 3. The van der Waals surface area contributed by atoms with Crippen molar-refractivity contribution in [3.05, 3.63) is 47.8 Å². The van der Waals surface area contributed by atoms with Crippen LogP contribution in [0, 0.1) is 5.41 Å². The standard InChI is InChI=1S/C14H12N4S/c15-13(16)18-14-17-12(8-19-14)11-6-5-9-3-1-2-4-10(9)7-11/h1-8H,(H4,15,16,17,18). The third-order valence-corrected chi connectivity index (χ3v) is 3.55. The van der Waals surface area contributed by atoms with Gasteiger partial charge in [0, 0.05) is 10.9 Å². The first-order valence-corrected chi connectivity index (χ1v) is 6.66. The van der Waals surface area contributed by atoms with Crippen molar-refractivity contribution in [1.82, 2.24) is 4.98 Å². The second-order valence-electron chi connectivity index (χ2n) is 4.14. The highest BCUT2D eigenvalue weighted by atomic mass is 32.1. The van der Waals surface area contributed by atoms with Gasteiger partial charge in [0.25, 0.3) is 0 Å². The van der Waals surface area contributed by atoms with E-state index in [2.05, 4.69) is 40.6 Å². The van der Waals surface area contributed by atoms with Crippen LogP contribution >= 0.6 is 11.3 Å². The lowest BCUT2D eigenvalue weighted by molar-refractivity contribution is 1.36.